The molecule has 1 radical (unpaired) electrons. The summed E-state index contributed by atoms with van der Waals surface area (Å²) in [5.41, 5.74) is 10.8. The first-order chi connectivity index (χ1) is 5.68. The molecular weight excluding hydrogens is 443 g/mol. The monoisotopic (exact) mass is 452 g/mol. The van der Waals surface area contributed by atoms with Crippen molar-refractivity contribution in [2.45, 2.75) is 13.1 Å². The summed E-state index contributed by atoms with van der Waals surface area (Å²) in [5, 5.41) is 0. The Hall–Kier alpha value is 0.902. The molecule has 1 aliphatic rings. The molecule has 0 unspecified atom stereocenters. The van der Waals surface area contributed by atoms with Gasteiger partial charge in [0, 0.05) is 61.6 Å². The van der Waals surface area contributed by atoms with Gasteiger partial charge in [-0.3, -0.25) is 4.90 Å². The van der Waals surface area contributed by atoms with Gasteiger partial charge in [0.25, 0.3) is 0 Å². The molecule has 0 bridgehead atoms. The fourth-order valence-electron chi connectivity index (χ4n) is 1.61. The Labute approximate surface area is 123 Å². The number of benzene rings is 1. The fraction of sp³-hybridized carbons (Fsp3) is 0.333. The minimum absolute atomic E-state index is 0. The topological polar surface area (TPSA) is 27.0 Å². The summed E-state index contributed by atoms with van der Waals surface area (Å²) in [4.78, 5) is 2.22. The molecule has 0 saturated heterocycles. The number of nitrogens with one attached hydrogen (secondary N) is 1. The zero-order chi connectivity index (χ0) is 8.72. The molecule has 1 aromatic carbocycles. The molecule has 1 N–H and O–H groups in total. The van der Waals surface area contributed by atoms with Gasteiger partial charge in [0.2, 0.25) is 0 Å². The number of rotatable bonds is 0. The van der Waals surface area contributed by atoms with E-state index in [0.717, 1.165) is 17.6 Å². The van der Waals surface area contributed by atoms with Gasteiger partial charge in [0.05, 0.1) is 0 Å². The smallest absolute Gasteiger partial charge is 0.0248 e. The van der Waals surface area contributed by atoms with Crippen LogP contribution in [0.4, 0.5) is 5.69 Å². The van der Waals surface area contributed by atoms with Crippen LogP contribution >= 0.6 is 15.9 Å². The molecule has 0 aliphatic carbocycles. The molecule has 2 rings (SSSR count). The van der Waals surface area contributed by atoms with Crippen LogP contribution in [0, 0.1) is 44.1 Å². The first-order valence-corrected chi connectivity index (χ1v) is 4.68. The predicted molar refractivity (Wildman–Crippen MR) is 53.3 cm³/mol. The van der Waals surface area contributed by atoms with Crippen LogP contribution in [0.25, 0.3) is 5.73 Å². The summed E-state index contributed by atoms with van der Waals surface area (Å²) in [5.74, 6) is 0. The second-order valence-corrected chi connectivity index (χ2v) is 4.08. The Morgan fingerprint density at radius 1 is 1.31 bits per heavy atom. The van der Waals surface area contributed by atoms with Gasteiger partial charge in [0.1, 0.15) is 0 Å². The maximum absolute atomic E-state index is 7.69. The summed E-state index contributed by atoms with van der Waals surface area (Å²) in [6.45, 7) is 1.87. The average Bonchev–Trinajstić information content (AvgIpc) is 2.41. The third-order valence-corrected chi connectivity index (χ3v) is 2.97. The summed E-state index contributed by atoms with van der Waals surface area (Å²) in [7, 11) is 2.08. The van der Waals surface area contributed by atoms with E-state index in [0.29, 0.717) is 5.69 Å². The van der Waals surface area contributed by atoms with E-state index in [1.807, 2.05) is 12.1 Å². The third-order valence-electron chi connectivity index (χ3n) is 2.23. The van der Waals surface area contributed by atoms with Gasteiger partial charge < -0.3 is 5.73 Å². The van der Waals surface area contributed by atoms with E-state index >= 15 is 0 Å². The molecule has 2 nitrogen and oxygen atoms in total. The predicted octanol–water partition coefficient (Wildman–Crippen LogP) is 3.08. The van der Waals surface area contributed by atoms with Crippen LogP contribution in [-0.2, 0) is 13.1 Å². The maximum Gasteiger partial charge on any atom is 0.0248 e. The van der Waals surface area contributed by atoms with Crippen LogP contribution in [0.5, 0.6) is 0 Å². The van der Waals surface area contributed by atoms with Crippen molar-refractivity contribution in [3.05, 3.63) is 33.5 Å². The second kappa shape index (κ2) is 4.61. The van der Waals surface area contributed by atoms with E-state index < -0.39 is 0 Å². The molecule has 13 heavy (non-hydrogen) atoms. The quantitative estimate of drug-likeness (QED) is 0.594. The third kappa shape index (κ3) is 2.29. The van der Waals surface area contributed by atoms with E-state index in [9.17, 15) is 0 Å². The first-order valence-electron chi connectivity index (χ1n) is 3.89. The minimum Gasteiger partial charge on any atom is -0.698 e. The first kappa shape index (κ1) is 12.0. The average molecular weight is 453 g/mol. The zero-order valence-electron chi connectivity index (χ0n) is 7.47. The standard InChI is InChI=1S/C9H10BrN2.Ac/c1-12-4-6-7(5-12)9(11)3-2-8(6)10;/h2-3,11H,4-5H2,1H3;/q-1;. The number of hydrogen-bond acceptors (Lipinski definition) is 1. The maximum atomic E-state index is 7.69. The molecule has 1 aliphatic heterocycles. The van der Waals surface area contributed by atoms with Gasteiger partial charge in [-0.05, 0) is 24.2 Å². The molecule has 0 fully saturated rings. The van der Waals surface area contributed by atoms with Crippen molar-refractivity contribution in [1.82, 2.24) is 4.90 Å². The largest absolute Gasteiger partial charge is 0.698 e. The fourth-order valence-corrected chi connectivity index (χ4v) is 2.11. The van der Waals surface area contributed by atoms with E-state index in [4.69, 9.17) is 5.73 Å². The normalized spacial score (nSPS) is 15.2. The van der Waals surface area contributed by atoms with E-state index in [1.54, 1.807) is 0 Å². The molecular formula is C9H10AcBrN2-. The number of nitrogens with zero attached hydrogens (tertiary/aromatic N) is 1. The van der Waals surface area contributed by atoms with Crippen LogP contribution < -0.4 is 0 Å². The second-order valence-electron chi connectivity index (χ2n) is 3.22. The van der Waals surface area contributed by atoms with Crippen molar-refractivity contribution >= 4 is 21.6 Å². The Kier molecular flexibility index (Phi) is 4.25. The van der Waals surface area contributed by atoms with Crippen LogP contribution in [0.15, 0.2) is 16.6 Å². The van der Waals surface area contributed by atoms with Crippen LogP contribution in [-0.4, -0.2) is 11.9 Å². The van der Waals surface area contributed by atoms with Gasteiger partial charge in [-0.2, -0.15) is 0 Å². The molecule has 1 aromatic rings. The number of hydrogen-bond donors (Lipinski definition) is 0. The van der Waals surface area contributed by atoms with Crippen molar-refractivity contribution in [2.75, 3.05) is 7.05 Å². The van der Waals surface area contributed by atoms with Gasteiger partial charge in [-0.25, -0.2) is 0 Å². The molecule has 0 saturated carbocycles. The number of halogens is 1. The van der Waals surface area contributed by atoms with Crippen molar-refractivity contribution in [1.29, 1.82) is 0 Å². The van der Waals surface area contributed by atoms with Crippen molar-refractivity contribution in [2.24, 2.45) is 0 Å². The van der Waals surface area contributed by atoms with Crippen molar-refractivity contribution in [3.63, 3.8) is 0 Å². The molecule has 0 spiro atoms. The molecule has 0 aromatic heterocycles. The Morgan fingerprint density at radius 3 is 2.54 bits per heavy atom. The van der Waals surface area contributed by atoms with Crippen molar-refractivity contribution in [3.8, 4) is 0 Å². The van der Waals surface area contributed by atoms with E-state index in [2.05, 4.69) is 27.9 Å². The SMILES string of the molecule is CN1Cc2c([NH-])ccc(Br)c2C1.[Ac]. The van der Waals surface area contributed by atoms with Gasteiger partial charge in [-0.15, -0.1) is 5.69 Å². The zero-order valence-corrected chi connectivity index (χ0v) is 13.8. The van der Waals surface area contributed by atoms with Crippen LogP contribution in [0.1, 0.15) is 11.1 Å². The molecule has 1 heterocycles. The van der Waals surface area contributed by atoms with Crippen molar-refractivity contribution < 1.29 is 44.1 Å². The summed E-state index contributed by atoms with van der Waals surface area (Å²) in [6, 6.07) is 3.81. The Morgan fingerprint density at radius 2 is 1.92 bits per heavy atom. The van der Waals surface area contributed by atoms with Crippen LogP contribution in [0.3, 0.4) is 0 Å². The Bertz CT molecular complexity index is 297. The van der Waals surface area contributed by atoms with E-state index in [-0.39, 0.29) is 44.1 Å². The molecule has 67 valence electrons. The van der Waals surface area contributed by atoms with Gasteiger partial charge >= 0.3 is 0 Å². The summed E-state index contributed by atoms with van der Waals surface area (Å²) >= 11 is 3.50. The molecule has 0 atom stereocenters. The van der Waals surface area contributed by atoms with Crippen LogP contribution in [0.2, 0.25) is 0 Å². The molecule has 4 heteroatoms. The van der Waals surface area contributed by atoms with E-state index in [1.165, 1.54) is 11.1 Å². The Balaban J connectivity index is 0.000000845. The minimum atomic E-state index is 0. The molecule has 0 amide bonds. The van der Waals surface area contributed by atoms with Gasteiger partial charge in [0.15, 0.2) is 0 Å². The summed E-state index contributed by atoms with van der Waals surface area (Å²) < 4.78 is 1.14. The van der Waals surface area contributed by atoms with Gasteiger partial charge in [-0.1, -0.05) is 22.0 Å². The number of fused-ring (bicyclic) bond motifs is 1. The summed E-state index contributed by atoms with van der Waals surface area (Å²) in [6.07, 6.45) is 0.